The monoisotopic (exact) mass is 275 g/mol. The number of nitrogens with two attached hydrogens (primary N) is 1. The van der Waals surface area contributed by atoms with Crippen molar-refractivity contribution in [2.45, 2.75) is 18.5 Å². The van der Waals surface area contributed by atoms with Crippen molar-refractivity contribution in [3.05, 3.63) is 0 Å². The maximum absolute atomic E-state index is 11.9. The molecule has 19 heavy (non-hydrogen) atoms. The predicted molar refractivity (Wildman–Crippen MR) is 62.2 cm³/mol. The summed E-state index contributed by atoms with van der Waals surface area (Å²) in [6.45, 7) is 0.426. The van der Waals surface area contributed by atoms with Gasteiger partial charge in [-0.3, -0.25) is 4.79 Å². The van der Waals surface area contributed by atoms with Crippen LogP contribution in [0.25, 0.3) is 0 Å². The summed E-state index contributed by atoms with van der Waals surface area (Å²) in [5.41, 5.74) is 4.91. The minimum Gasteiger partial charge on any atom is -0.480 e. The number of primary amides is 1. The lowest BCUT2D eigenvalue weighted by molar-refractivity contribution is -0.141. The molecule has 1 saturated heterocycles. The summed E-state index contributed by atoms with van der Waals surface area (Å²) < 4.78 is 5.10. The fourth-order valence-corrected chi connectivity index (χ4v) is 1.71. The molecule has 0 saturated carbocycles. The van der Waals surface area contributed by atoms with Crippen LogP contribution >= 0.6 is 0 Å². The lowest BCUT2D eigenvalue weighted by Gasteiger charge is -2.35. The molecule has 0 bridgehead atoms. The smallest absolute Gasteiger partial charge is 0.326 e. The Morgan fingerprint density at radius 2 is 2.16 bits per heavy atom. The SMILES string of the molecule is NC(=O)C[C@H](NC(=O)N1CCOCC1CO)C(=O)O. The van der Waals surface area contributed by atoms with Crippen molar-refractivity contribution in [1.29, 1.82) is 0 Å². The van der Waals surface area contributed by atoms with Crippen molar-refractivity contribution < 1.29 is 29.3 Å². The maximum atomic E-state index is 11.9. The molecule has 1 aliphatic rings. The minimum atomic E-state index is -1.38. The first-order valence-electron chi connectivity index (χ1n) is 5.72. The Morgan fingerprint density at radius 3 is 2.68 bits per heavy atom. The van der Waals surface area contributed by atoms with Gasteiger partial charge in [0.1, 0.15) is 6.04 Å². The highest BCUT2D eigenvalue weighted by Gasteiger charge is 2.30. The molecule has 1 rings (SSSR count). The normalized spacial score (nSPS) is 20.7. The lowest BCUT2D eigenvalue weighted by atomic mass is 10.2. The van der Waals surface area contributed by atoms with Gasteiger partial charge in [0.25, 0.3) is 0 Å². The molecule has 1 unspecified atom stereocenters. The van der Waals surface area contributed by atoms with E-state index in [1.165, 1.54) is 4.90 Å². The van der Waals surface area contributed by atoms with Gasteiger partial charge in [-0.2, -0.15) is 0 Å². The van der Waals surface area contributed by atoms with Crippen LogP contribution in [0.3, 0.4) is 0 Å². The van der Waals surface area contributed by atoms with Crippen molar-refractivity contribution in [3.63, 3.8) is 0 Å². The molecule has 1 heterocycles. The third-order valence-electron chi connectivity index (χ3n) is 2.70. The van der Waals surface area contributed by atoms with Gasteiger partial charge in [0.2, 0.25) is 5.91 Å². The number of carboxylic acid groups (broad SMARTS) is 1. The number of carbonyl (C=O) groups excluding carboxylic acids is 2. The molecular weight excluding hydrogens is 258 g/mol. The molecule has 0 aromatic rings. The number of carbonyl (C=O) groups is 3. The molecule has 108 valence electrons. The Hall–Kier alpha value is -1.87. The Bertz CT molecular complexity index is 361. The maximum Gasteiger partial charge on any atom is 0.326 e. The number of urea groups is 1. The molecule has 1 aliphatic heterocycles. The Kier molecular flexibility index (Phi) is 5.52. The number of hydrogen-bond acceptors (Lipinski definition) is 5. The number of aliphatic carboxylic acids is 1. The number of rotatable bonds is 5. The summed E-state index contributed by atoms with van der Waals surface area (Å²) in [7, 11) is 0. The van der Waals surface area contributed by atoms with E-state index >= 15 is 0 Å². The van der Waals surface area contributed by atoms with E-state index in [1.807, 2.05) is 0 Å². The molecular formula is C10H17N3O6. The van der Waals surface area contributed by atoms with Crippen molar-refractivity contribution >= 4 is 17.9 Å². The van der Waals surface area contributed by atoms with E-state index in [9.17, 15) is 14.4 Å². The molecule has 2 atom stereocenters. The molecule has 9 heteroatoms. The fourth-order valence-electron chi connectivity index (χ4n) is 1.71. The molecule has 0 aliphatic carbocycles. The van der Waals surface area contributed by atoms with Crippen LogP contribution in [-0.4, -0.2) is 71.5 Å². The number of nitrogens with zero attached hydrogens (tertiary/aromatic N) is 1. The minimum absolute atomic E-state index is 0.178. The van der Waals surface area contributed by atoms with Gasteiger partial charge in [0.15, 0.2) is 0 Å². The topological polar surface area (TPSA) is 142 Å². The number of amides is 3. The molecule has 0 radical (unpaired) electrons. The van der Waals surface area contributed by atoms with E-state index in [-0.39, 0.29) is 19.8 Å². The quantitative estimate of drug-likeness (QED) is 0.445. The standard InChI is InChI=1S/C10H17N3O6/c11-8(15)3-7(9(16)17)12-10(18)13-1-2-19-5-6(13)4-14/h6-7,14H,1-5H2,(H2,11,15)(H,12,18)(H,16,17)/t6?,7-/m0/s1. The Balaban J connectivity index is 2.64. The summed E-state index contributed by atoms with van der Waals surface area (Å²) in [4.78, 5) is 34.8. The first kappa shape index (κ1) is 15.2. The van der Waals surface area contributed by atoms with Crippen LogP contribution in [0.1, 0.15) is 6.42 Å². The van der Waals surface area contributed by atoms with Crippen LogP contribution in [0.2, 0.25) is 0 Å². The van der Waals surface area contributed by atoms with Gasteiger partial charge in [-0.1, -0.05) is 0 Å². The summed E-state index contributed by atoms with van der Waals surface area (Å²) in [6, 6.07) is -2.58. The largest absolute Gasteiger partial charge is 0.480 e. The average Bonchev–Trinajstić information content (AvgIpc) is 2.37. The zero-order valence-corrected chi connectivity index (χ0v) is 10.2. The Labute approximate surface area is 109 Å². The summed E-state index contributed by atoms with van der Waals surface area (Å²) >= 11 is 0. The van der Waals surface area contributed by atoms with Crippen molar-refractivity contribution in [1.82, 2.24) is 10.2 Å². The second-order valence-corrected chi connectivity index (χ2v) is 4.12. The van der Waals surface area contributed by atoms with Crippen molar-refractivity contribution in [2.75, 3.05) is 26.4 Å². The van der Waals surface area contributed by atoms with E-state index < -0.39 is 36.4 Å². The third kappa shape index (κ3) is 4.38. The molecule has 5 N–H and O–H groups in total. The van der Waals surface area contributed by atoms with E-state index in [1.54, 1.807) is 0 Å². The summed E-state index contributed by atoms with van der Waals surface area (Å²) in [5.74, 6) is -2.17. The second kappa shape index (κ2) is 6.90. The van der Waals surface area contributed by atoms with Gasteiger partial charge in [-0.25, -0.2) is 9.59 Å². The van der Waals surface area contributed by atoms with Crippen LogP contribution in [-0.2, 0) is 14.3 Å². The number of hydrogen-bond donors (Lipinski definition) is 4. The first-order chi connectivity index (χ1) is 8.95. The van der Waals surface area contributed by atoms with Crippen LogP contribution in [0, 0.1) is 0 Å². The molecule has 0 spiro atoms. The van der Waals surface area contributed by atoms with Gasteiger partial charge >= 0.3 is 12.0 Å². The zero-order chi connectivity index (χ0) is 14.4. The van der Waals surface area contributed by atoms with Crippen LogP contribution < -0.4 is 11.1 Å². The molecule has 9 nitrogen and oxygen atoms in total. The number of aliphatic hydroxyl groups is 1. The predicted octanol–water partition coefficient (Wildman–Crippen LogP) is -2.28. The van der Waals surface area contributed by atoms with Crippen LogP contribution in [0.15, 0.2) is 0 Å². The lowest BCUT2D eigenvalue weighted by Crippen LogP contribution is -2.57. The summed E-state index contributed by atoms with van der Waals surface area (Å²) in [5, 5.41) is 20.2. The molecule has 0 aromatic carbocycles. The number of carboxylic acids is 1. The average molecular weight is 275 g/mol. The van der Waals surface area contributed by atoms with E-state index in [4.69, 9.17) is 20.7 Å². The number of ether oxygens (including phenoxy) is 1. The molecule has 3 amide bonds. The van der Waals surface area contributed by atoms with Crippen molar-refractivity contribution in [3.8, 4) is 0 Å². The third-order valence-corrected chi connectivity index (χ3v) is 2.70. The highest BCUT2D eigenvalue weighted by atomic mass is 16.5. The van der Waals surface area contributed by atoms with E-state index in [0.717, 1.165) is 0 Å². The number of nitrogens with one attached hydrogen (secondary N) is 1. The van der Waals surface area contributed by atoms with Gasteiger partial charge in [0.05, 0.1) is 32.3 Å². The summed E-state index contributed by atoms with van der Waals surface area (Å²) in [6.07, 6.45) is -0.491. The van der Waals surface area contributed by atoms with E-state index in [2.05, 4.69) is 5.32 Å². The van der Waals surface area contributed by atoms with Crippen LogP contribution in [0.4, 0.5) is 4.79 Å². The second-order valence-electron chi connectivity index (χ2n) is 4.12. The van der Waals surface area contributed by atoms with Gasteiger partial charge < -0.3 is 30.9 Å². The van der Waals surface area contributed by atoms with Gasteiger partial charge in [-0.05, 0) is 0 Å². The van der Waals surface area contributed by atoms with Crippen molar-refractivity contribution in [2.24, 2.45) is 5.73 Å². The van der Waals surface area contributed by atoms with E-state index in [0.29, 0.717) is 6.61 Å². The highest BCUT2D eigenvalue weighted by Crippen LogP contribution is 2.07. The number of morpholine rings is 1. The van der Waals surface area contributed by atoms with Gasteiger partial charge in [-0.15, -0.1) is 0 Å². The zero-order valence-electron chi connectivity index (χ0n) is 10.2. The molecule has 0 aromatic heterocycles. The highest BCUT2D eigenvalue weighted by molar-refractivity contribution is 5.87. The fraction of sp³-hybridized carbons (Fsp3) is 0.700. The molecule has 1 fully saturated rings. The Morgan fingerprint density at radius 1 is 1.47 bits per heavy atom. The van der Waals surface area contributed by atoms with Gasteiger partial charge in [0, 0.05) is 6.54 Å². The number of aliphatic hydroxyl groups excluding tert-OH is 1. The first-order valence-corrected chi connectivity index (χ1v) is 5.72. The van der Waals surface area contributed by atoms with Crippen LogP contribution in [0.5, 0.6) is 0 Å².